The summed E-state index contributed by atoms with van der Waals surface area (Å²) in [5, 5.41) is 5.75. The molecule has 2 aromatic carbocycles. The fraction of sp³-hybridized carbons (Fsp3) is 0.158. The number of halogens is 1. The lowest BCUT2D eigenvalue weighted by atomic mass is 10.1. The lowest BCUT2D eigenvalue weighted by Crippen LogP contribution is -2.32. The van der Waals surface area contributed by atoms with Crippen molar-refractivity contribution in [3.8, 4) is 5.69 Å². The van der Waals surface area contributed by atoms with E-state index >= 15 is 0 Å². The highest BCUT2D eigenvalue weighted by Crippen LogP contribution is 2.23. The first kappa shape index (κ1) is 18.0. The van der Waals surface area contributed by atoms with Gasteiger partial charge in [0.15, 0.2) is 0 Å². The number of benzene rings is 2. The first-order valence-corrected chi connectivity index (χ1v) is 8.95. The van der Waals surface area contributed by atoms with E-state index in [0.29, 0.717) is 11.4 Å². The van der Waals surface area contributed by atoms with Gasteiger partial charge in [0.25, 0.3) is 0 Å². The lowest BCUT2D eigenvalue weighted by Gasteiger charge is -2.18. The normalized spacial score (nSPS) is 11.8. The second-order valence-electron chi connectivity index (χ2n) is 5.93. The number of aromatic nitrogens is 2. The molecule has 1 unspecified atom stereocenters. The Morgan fingerprint density at radius 1 is 1.15 bits per heavy atom. The molecule has 0 spiro atoms. The fourth-order valence-electron chi connectivity index (χ4n) is 2.79. The second kappa shape index (κ2) is 7.61. The second-order valence-corrected chi connectivity index (χ2v) is 6.78. The SMILES string of the molecule is Cc1c[nH]c(=O)n1-c1ccccc1NC(=O)NC(C)c1ccccc1Br. The van der Waals surface area contributed by atoms with Gasteiger partial charge in [0.2, 0.25) is 0 Å². The number of hydrogen-bond acceptors (Lipinski definition) is 2. The van der Waals surface area contributed by atoms with Crippen LogP contribution in [0.15, 0.2) is 64.0 Å². The Balaban J connectivity index is 1.81. The van der Waals surface area contributed by atoms with E-state index in [1.54, 1.807) is 18.3 Å². The molecular weight excluding hydrogens is 396 g/mol. The minimum atomic E-state index is -0.345. The summed E-state index contributed by atoms with van der Waals surface area (Å²) in [5.74, 6) is 0. The summed E-state index contributed by atoms with van der Waals surface area (Å²) < 4.78 is 2.45. The van der Waals surface area contributed by atoms with Gasteiger partial charge in [-0.1, -0.05) is 46.3 Å². The molecule has 1 aromatic heterocycles. The summed E-state index contributed by atoms with van der Waals surface area (Å²) in [6.45, 7) is 3.73. The maximum absolute atomic E-state index is 12.5. The van der Waals surface area contributed by atoms with Crippen molar-refractivity contribution in [3.05, 3.63) is 80.9 Å². The molecule has 0 aliphatic carbocycles. The van der Waals surface area contributed by atoms with Crippen LogP contribution in [0.3, 0.4) is 0 Å². The average molecular weight is 415 g/mol. The number of imidazole rings is 1. The van der Waals surface area contributed by atoms with Gasteiger partial charge in [-0.05, 0) is 37.6 Å². The first-order valence-electron chi connectivity index (χ1n) is 8.15. The number of anilines is 1. The summed E-state index contributed by atoms with van der Waals surface area (Å²) in [6, 6.07) is 14.4. The van der Waals surface area contributed by atoms with Crippen LogP contribution in [0.2, 0.25) is 0 Å². The monoisotopic (exact) mass is 414 g/mol. The average Bonchev–Trinajstić information content (AvgIpc) is 2.94. The van der Waals surface area contributed by atoms with Crippen LogP contribution < -0.4 is 16.3 Å². The van der Waals surface area contributed by atoms with Crippen LogP contribution in [0.25, 0.3) is 5.69 Å². The third kappa shape index (κ3) is 3.72. The predicted molar refractivity (Wildman–Crippen MR) is 106 cm³/mol. The summed E-state index contributed by atoms with van der Waals surface area (Å²) in [6.07, 6.45) is 1.63. The minimum Gasteiger partial charge on any atom is -0.331 e. The first-order chi connectivity index (χ1) is 12.5. The van der Waals surface area contributed by atoms with Crippen LogP contribution in [0.4, 0.5) is 10.5 Å². The molecule has 2 amide bonds. The van der Waals surface area contributed by atoms with Crippen molar-refractivity contribution >= 4 is 27.6 Å². The molecule has 0 fully saturated rings. The van der Waals surface area contributed by atoms with Gasteiger partial charge in [0.1, 0.15) is 0 Å². The zero-order valence-corrected chi connectivity index (χ0v) is 16.0. The molecular formula is C19H19BrN4O2. The van der Waals surface area contributed by atoms with Crippen molar-refractivity contribution in [2.45, 2.75) is 19.9 Å². The quantitative estimate of drug-likeness (QED) is 0.600. The largest absolute Gasteiger partial charge is 0.331 e. The number of carbonyl (C=O) groups is 1. The molecule has 6 nitrogen and oxygen atoms in total. The number of urea groups is 1. The summed E-state index contributed by atoms with van der Waals surface area (Å²) in [7, 11) is 0. The Morgan fingerprint density at radius 3 is 2.54 bits per heavy atom. The molecule has 0 radical (unpaired) electrons. The van der Waals surface area contributed by atoms with Crippen LogP contribution in [0.1, 0.15) is 24.2 Å². The van der Waals surface area contributed by atoms with E-state index in [4.69, 9.17) is 0 Å². The van der Waals surface area contributed by atoms with Gasteiger partial charge in [0, 0.05) is 16.4 Å². The van der Waals surface area contributed by atoms with Gasteiger partial charge >= 0.3 is 11.7 Å². The van der Waals surface area contributed by atoms with Crippen LogP contribution in [-0.2, 0) is 0 Å². The van der Waals surface area contributed by atoms with Crippen molar-refractivity contribution in [2.75, 3.05) is 5.32 Å². The lowest BCUT2D eigenvalue weighted by molar-refractivity contribution is 0.249. The standard InChI is InChI=1S/C19H19BrN4O2/c1-12-11-21-19(26)24(12)17-10-6-5-9-16(17)23-18(25)22-13(2)14-7-3-4-8-15(14)20/h3-11,13H,1-2H3,(H,21,26)(H2,22,23,25). The van der Waals surface area contributed by atoms with Crippen molar-refractivity contribution < 1.29 is 4.79 Å². The fourth-order valence-corrected chi connectivity index (χ4v) is 3.42. The number of hydrogen-bond donors (Lipinski definition) is 3. The van der Waals surface area contributed by atoms with E-state index in [-0.39, 0.29) is 17.8 Å². The number of nitrogens with zero attached hydrogens (tertiary/aromatic N) is 1. The van der Waals surface area contributed by atoms with Gasteiger partial charge in [-0.3, -0.25) is 4.57 Å². The molecule has 0 aliphatic heterocycles. The number of aromatic amines is 1. The van der Waals surface area contributed by atoms with E-state index in [9.17, 15) is 9.59 Å². The van der Waals surface area contributed by atoms with Crippen LogP contribution in [-0.4, -0.2) is 15.6 Å². The molecule has 3 rings (SSSR count). The number of para-hydroxylation sites is 2. The number of H-pyrrole nitrogens is 1. The summed E-state index contributed by atoms with van der Waals surface area (Å²) >= 11 is 3.49. The maximum Gasteiger partial charge on any atom is 0.330 e. The van der Waals surface area contributed by atoms with E-state index in [2.05, 4.69) is 31.5 Å². The molecule has 0 saturated heterocycles. The molecule has 0 bridgehead atoms. The van der Waals surface area contributed by atoms with Crippen molar-refractivity contribution in [1.82, 2.24) is 14.9 Å². The zero-order valence-electron chi connectivity index (χ0n) is 14.4. The van der Waals surface area contributed by atoms with E-state index in [1.807, 2.05) is 50.2 Å². The number of rotatable bonds is 4. The Bertz CT molecular complexity index is 993. The van der Waals surface area contributed by atoms with Crippen LogP contribution in [0.5, 0.6) is 0 Å². The Morgan fingerprint density at radius 2 is 1.85 bits per heavy atom. The maximum atomic E-state index is 12.5. The number of amides is 2. The molecule has 134 valence electrons. The molecule has 0 saturated carbocycles. The van der Waals surface area contributed by atoms with Gasteiger partial charge in [-0.25, -0.2) is 9.59 Å². The Kier molecular flexibility index (Phi) is 5.27. The zero-order chi connectivity index (χ0) is 18.7. The highest BCUT2D eigenvalue weighted by Gasteiger charge is 2.15. The molecule has 7 heteroatoms. The van der Waals surface area contributed by atoms with Crippen LogP contribution >= 0.6 is 15.9 Å². The highest BCUT2D eigenvalue weighted by atomic mass is 79.9. The molecule has 0 aliphatic rings. The van der Waals surface area contributed by atoms with Gasteiger partial charge in [-0.2, -0.15) is 0 Å². The Hall–Kier alpha value is -2.80. The number of carbonyl (C=O) groups excluding carboxylic acids is 1. The van der Waals surface area contributed by atoms with E-state index < -0.39 is 0 Å². The van der Waals surface area contributed by atoms with E-state index in [1.165, 1.54) is 4.57 Å². The third-order valence-electron chi connectivity index (χ3n) is 4.07. The van der Waals surface area contributed by atoms with E-state index in [0.717, 1.165) is 15.7 Å². The number of nitrogens with one attached hydrogen (secondary N) is 3. The highest BCUT2D eigenvalue weighted by molar-refractivity contribution is 9.10. The molecule has 3 aromatic rings. The Labute approximate surface area is 159 Å². The smallest absolute Gasteiger partial charge is 0.330 e. The number of aryl methyl sites for hydroxylation is 1. The summed E-state index contributed by atoms with van der Waals surface area (Å²) in [5.41, 5.74) is 2.65. The van der Waals surface area contributed by atoms with Gasteiger partial charge in [0.05, 0.1) is 17.4 Å². The topological polar surface area (TPSA) is 78.9 Å². The third-order valence-corrected chi connectivity index (χ3v) is 4.79. The van der Waals surface area contributed by atoms with Crippen LogP contribution in [0, 0.1) is 6.92 Å². The van der Waals surface area contributed by atoms with Gasteiger partial charge < -0.3 is 15.6 Å². The molecule has 1 heterocycles. The van der Waals surface area contributed by atoms with Crippen molar-refractivity contribution in [2.24, 2.45) is 0 Å². The van der Waals surface area contributed by atoms with Crippen molar-refractivity contribution in [1.29, 1.82) is 0 Å². The molecule has 1 atom stereocenters. The molecule has 3 N–H and O–H groups in total. The minimum absolute atomic E-state index is 0.186. The summed E-state index contributed by atoms with van der Waals surface area (Å²) in [4.78, 5) is 27.2. The molecule has 26 heavy (non-hydrogen) atoms. The van der Waals surface area contributed by atoms with Crippen molar-refractivity contribution in [3.63, 3.8) is 0 Å². The van der Waals surface area contributed by atoms with Gasteiger partial charge in [-0.15, -0.1) is 0 Å². The predicted octanol–water partition coefficient (Wildman–Crippen LogP) is 4.12.